The van der Waals surface area contributed by atoms with Gasteiger partial charge < -0.3 is 10.4 Å². The summed E-state index contributed by atoms with van der Waals surface area (Å²) in [5.41, 5.74) is 1.13. The van der Waals surface area contributed by atoms with Crippen LogP contribution in [0.2, 0.25) is 0 Å². The molecule has 0 radical (unpaired) electrons. The number of amides is 1. The van der Waals surface area contributed by atoms with Crippen molar-refractivity contribution in [3.8, 4) is 5.75 Å². The zero-order valence-electron chi connectivity index (χ0n) is 10.4. The van der Waals surface area contributed by atoms with Crippen LogP contribution in [0.3, 0.4) is 0 Å². The number of phenols is 1. The lowest BCUT2D eigenvalue weighted by molar-refractivity contribution is 0.0927. The van der Waals surface area contributed by atoms with Crippen molar-refractivity contribution in [1.82, 2.24) is 5.32 Å². The minimum atomic E-state index is -0.152. The highest BCUT2D eigenvalue weighted by Gasteiger charge is 2.25. The summed E-state index contributed by atoms with van der Waals surface area (Å²) >= 11 is 6.22. The number of hydrogen-bond acceptors (Lipinski definition) is 2. The van der Waals surface area contributed by atoms with E-state index in [0.717, 1.165) is 25.7 Å². The van der Waals surface area contributed by atoms with Crippen molar-refractivity contribution < 1.29 is 9.90 Å². The van der Waals surface area contributed by atoms with E-state index in [9.17, 15) is 9.90 Å². The Hall–Kier alpha value is -1.22. The van der Waals surface area contributed by atoms with Gasteiger partial charge in [-0.05, 0) is 31.9 Å². The third-order valence-corrected chi connectivity index (χ3v) is 4.07. The standard InChI is InChI=1S/C14H18ClNO2/c1-9-10(5-4-8-13(9)17)14(18)16-12-7-3-2-6-11(12)15/h4-5,8,11-12,17H,2-3,6-7H2,1H3,(H,16,18). The van der Waals surface area contributed by atoms with Crippen LogP contribution in [0.15, 0.2) is 18.2 Å². The molecule has 2 N–H and O–H groups in total. The van der Waals surface area contributed by atoms with Crippen LogP contribution in [-0.2, 0) is 0 Å². The predicted molar refractivity (Wildman–Crippen MR) is 72.2 cm³/mol. The number of hydrogen-bond donors (Lipinski definition) is 2. The molecule has 3 nitrogen and oxygen atoms in total. The van der Waals surface area contributed by atoms with E-state index in [0.29, 0.717) is 11.1 Å². The first-order chi connectivity index (χ1) is 8.59. The fraction of sp³-hybridized carbons (Fsp3) is 0.500. The Morgan fingerprint density at radius 1 is 1.39 bits per heavy atom. The number of rotatable bonds is 2. The molecule has 0 bridgehead atoms. The van der Waals surface area contributed by atoms with Gasteiger partial charge in [-0.2, -0.15) is 0 Å². The van der Waals surface area contributed by atoms with Crippen LogP contribution >= 0.6 is 11.6 Å². The molecule has 2 unspecified atom stereocenters. The van der Waals surface area contributed by atoms with Gasteiger partial charge in [-0.25, -0.2) is 0 Å². The van der Waals surface area contributed by atoms with Gasteiger partial charge in [-0.15, -0.1) is 11.6 Å². The van der Waals surface area contributed by atoms with Gasteiger partial charge in [0.05, 0.1) is 5.38 Å². The average molecular weight is 268 g/mol. The fourth-order valence-corrected chi connectivity index (χ4v) is 2.71. The highest BCUT2D eigenvalue weighted by Crippen LogP contribution is 2.24. The maximum Gasteiger partial charge on any atom is 0.251 e. The van der Waals surface area contributed by atoms with Crippen molar-refractivity contribution in [3.63, 3.8) is 0 Å². The number of carbonyl (C=O) groups is 1. The molecule has 1 aromatic carbocycles. The fourth-order valence-electron chi connectivity index (χ4n) is 2.36. The van der Waals surface area contributed by atoms with Gasteiger partial charge in [0, 0.05) is 17.2 Å². The Morgan fingerprint density at radius 3 is 2.83 bits per heavy atom. The monoisotopic (exact) mass is 267 g/mol. The molecular weight excluding hydrogens is 250 g/mol. The number of nitrogens with one attached hydrogen (secondary N) is 1. The molecule has 1 aliphatic rings. The number of carbonyl (C=O) groups excluding carboxylic acids is 1. The van der Waals surface area contributed by atoms with Crippen LogP contribution in [0.25, 0.3) is 0 Å². The predicted octanol–water partition coefficient (Wildman–Crippen LogP) is 2.98. The summed E-state index contributed by atoms with van der Waals surface area (Å²) in [6.45, 7) is 1.74. The van der Waals surface area contributed by atoms with Crippen molar-refractivity contribution in [3.05, 3.63) is 29.3 Å². The molecule has 1 saturated carbocycles. The Kier molecular flexibility index (Phi) is 4.12. The maximum absolute atomic E-state index is 12.2. The van der Waals surface area contributed by atoms with Gasteiger partial charge in [0.1, 0.15) is 5.75 Å². The third-order valence-electron chi connectivity index (χ3n) is 3.55. The molecule has 2 rings (SSSR count). The smallest absolute Gasteiger partial charge is 0.251 e. The first kappa shape index (κ1) is 13.2. The summed E-state index contributed by atoms with van der Waals surface area (Å²) in [5, 5.41) is 12.6. The van der Waals surface area contributed by atoms with E-state index in [1.807, 2.05) is 0 Å². The highest BCUT2D eigenvalue weighted by molar-refractivity contribution is 6.21. The minimum absolute atomic E-state index is 0.0142. The van der Waals surface area contributed by atoms with Crippen LogP contribution in [-0.4, -0.2) is 22.4 Å². The Morgan fingerprint density at radius 2 is 2.11 bits per heavy atom. The molecule has 18 heavy (non-hydrogen) atoms. The van der Waals surface area contributed by atoms with E-state index in [1.165, 1.54) is 0 Å². The van der Waals surface area contributed by atoms with Gasteiger partial charge in [-0.3, -0.25) is 4.79 Å². The van der Waals surface area contributed by atoms with Gasteiger partial charge in [0.15, 0.2) is 0 Å². The van der Waals surface area contributed by atoms with Gasteiger partial charge in [-0.1, -0.05) is 18.9 Å². The summed E-state index contributed by atoms with van der Waals surface area (Å²) in [6, 6.07) is 5.01. The zero-order valence-corrected chi connectivity index (χ0v) is 11.2. The number of aromatic hydroxyl groups is 1. The molecule has 4 heteroatoms. The third kappa shape index (κ3) is 2.78. The Balaban J connectivity index is 2.09. The van der Waals surface area contributed by atoms with Crippen molar-refractivity contribution >= 4 is 17.5 Å². The number of phenolic OH excluding ortho intramolecular Hbond substituents is 1. The summed E-state index contributed by atoms with van der Waals surface area (Å²) in [5.74, 6) is -0.00494. The molecule has 0 heterocycles. The largest absolute Gasteiger partial charge is 0.508 e. The van der Waals surface area contributed by atoms with Crippen LogP contribution in [0.1, 0.15) is 41.6 Å². The lowest BCUT2D eigenvalue weighted by atomic mass is 9.94. The molecule has 0 spiro atoms. The second-order valence-corrected chi connectivity index (χ2v) is 5.39. The van der Waals surface area contributed by atoms with Crippen molar-refractivity contribution in [2.24, 2.45) is 0 Å². The highest BCUT2D eigenvalue weighted by atomic mass is 35.5. The van der Waals surface area contributed by atoms with Crippen LogP contribution in [0.4, 0.5) is 0 Å². The lowest BCUT2D eigenvalue weighted by Gasteiger charge is -2.28. The van der Waals surface area contributed by atoms with Crippen molar-refractivity contribution in [2.75, 3.05) is 0 Å². The summed E-state index contributed by atoms with van der Waals surface area (Å²) in [7, 11) is 0. The van der Waals surface area contributed by atoms with Crippen molar-refractivity contribution in [1.29, 1.82) is 0 Å². The molecule has 1 aliphatic carbocycles. The molecule has 1 amide bonds. The molecule has 0 aliphatic heterocycles. The molecule has 0 aromatic heterocycles. The molecule has 0 saturated heterocycles. The van der Waals surface area contributed by atoms with Crippen molar-refractivity contribution in [2.45, 2.75) is 44.0 Å². The summed E-state index contributed by atoms with van der Waals surface area (Å²) in [6.07, 6.45) is 4.11. The maximum atomic E-state index is 12.2. The normalized spacial score (nSPS) is 23.7. The first-order valence-electron chi connectivity index (χ1n) is 6.33. The van der Waals surface area contributed by atoms with E-state index in [4.69, 9.17) is 11.6 Å². The van der Waals surface area contributed by atoms with E-state index in [-0.39, 0.29) is 23.1 Å². The first-order valence-corrected chi connectivity index (χ1v) is 6.76. The van der Waals surface area contributed by atoms with Crippen LogP contribution < -0.4 is 5.32 Å². The average Bonchev–Trinajstić information content (AvgIpc) is 2.35. The molecule has 2 atom stereocenters. The molecule has 98 valence electrons. The summed E-state index contributed by atoms with van der Waals surface area (Å²) < 4.78 is 0. The van der Waals surface area contributed by atoms with Crippen LogP contribution in [0, 0.1) is 6.92 Å². The quantitative estimate of drug-likeness (QED) is 0.810. The number of halogens is 1. The Bertz CT molecular complexity index is 447. The van der Waals surface area contributed by atoms with E-state index in [1.54, 1.807) is 25.1 Å². The van der Waals surface area contributed by atoms with E-state index in [2.05, 4.69) is 5.32 Å². The van der Waals surface area contributed by atoms with Crippen LogP contribution in [0.5, 0.6) is 5.75 Å². The molecule has 1 aromatic rings. The number of alkyl halides is 1. The lowest BCUT2D eigenvalue weighted by Crippen LogP contribution is -2.43. The second-order valence-electron chi connectivity index (χ2n) is 4.83. The second kappa shape index (κ2) is 5.61. The van der Waals surface area contributed by atoms with Gasteiger partial charge in [0.25, 0.3) is 5.91 Å². The summed E-state index contributed by atoms with van der Waals surface area (Å²) in [4.78, 5) is 12.2. The SMILES string of the molecule is Cc1c(O)cccc1C(=O)NC1CCCCC1Cl. The Labute approximate surface area is 112 Å². The molecular formula is C14H18ClNO2. The van der Waals surface area contributed by atoms with Gasteiger partial charge in [0.2, 0.25) is 0 Å². The minimum Gasteiger partial charge on any atom is -0.508 e. The molecule has 1 fully saturated rings. The topological polar surface area (TPSA) is 49.3 Å². The number of benzene rings is 1. The van der Waals surface area contributed by atoms with E-state index < -0.39 is 0 Å². The van der Waals surface area contributed by atoms with E-state index >= 15 is 0 Å². The van der Waals surface area contributed by atoms with Gasteiger partial charge >= 0.3 is 0 Å². The zero-order chi connectivity index (χ0) is 13.1.